The predicted molar refractivity (Wildman–Crippen MR) is 162 cm³/mol. The van der Waals surface area contributed by atoms with Crippen LogP contribution in [0.4, 0.5) is 0 Å². The van der Waals surface area contributed by atoms with E-state index in [2.05, 4.69) is 60.7 Å². The van der Waals surface area contributed by atoms with Gasteiger partial charge in [-0.1, -0.05) is 84.9 Å². The Balaban J connectivity index is 1.48. The molecule has 0 N–H and O–H groups in total. The first kappa shape index (κ1) is 22.4. The summed E-state index contributed by atoms with van der Waals surface area (Å²) < 4.78 is 12.2. The molecule has 0 fully saturated rings. The summed E-state index contributed by atoms with van der Waals surface area (Å²) in [5, 5.41) is 14.6. The summed E-state index contributed by atoms with van der Waals surface area (Å²) in [4.78, 5) is 0. The molecule has 0 unspecified atom stereocenters. The Morgan fingerprint density at radius 1 is 0.425 bits per heavy atom. The summed E-state index contributed by atoms with van der Waals surface area (Å²) in [5.74, 6) is 0. The lowest BCUT2D eigenvalue weighted by atomic mass is 9.84. The minimum absolute atomic E-state index is 0.624. The van der Waals surface area contributed by atoms with Crippen LogP contribution in [0.15, 0.2) is 136 Å². The molecule has 0 aliphatic carbocycles. The first-order valence-electron chi connectivity index (χ1n) is 13.2. The number of nitriles is 1. The SMILES string of the molecule is N#Cc1ccc(-c2ccccc2)c(-c2ccc3oc4ccccc4c3c2)c1-c1ccc2oc3ccccc3c2c1. The third kappa shape index (κ3) is 3.37. The average Bonchev–Trinajstić information content (AvgIpc) is 3.58. The molecule has 0 saturated carbocycles. The monoisotopic (exact) mass is 511 g/mol. The maximum Gasteiger partial charge on any atom is 0.135 e. The van der Waals surface area contributed by atoms with Crippen molar-refractivity contribution in [2.24, 2.45) is 0 Å². The number of benzene rings is 6. The van der Waals surface area contributed by atoms with Gasteiger partial charge >= 0.3 is 0 Å². The topological polar surface area (TPSA) is 50.1 Å². The second kappa shape index (κ2) is 8.73. The van der Waals surface area contributed by atoms with Crippen LogP contribution in [-0.2, 0) is 0 Å². The Bertz CT molecular complexity index is 2280. The Labute approximate surface area is 230 Å². The van der Waals surface area contributed by atoms with Gasteiger partial charge in [0.2, 0.25) is 0 Å². The Morgan fingerprint density at radius 2 is 0.950 bits per heavy atom. The van der Waals surface area contributed by atoms with Gasteiger partial charge in [0.25, 0.3) is 0 Å². The van der Waals surface area contributed by atoms with Crippen LogP contribution < -0.4 is 0 Å². The van der Waals surface area contributed by atoms with Crippen LogP contribution in [0.5, 0.6) is 0 Å². The van der Waals surface area contributed by atoms with Gasteiger partial charge in [0.1, 0.15) is 22.3 Å². The third-order valence-corrected chi connectivity index (χ3v) is 7.74. The number of furan rings is 2. The Kier molecular flexibility index (Phi) is 4.89. The zero-order valence-corrected chi connectivity index (χ0v) is 21.4. The van der Waals surface area contributed by atoms with E-state index in [1.165, 1.54) is 0 Å². The van der Waals surface area contributed by atoms with Crippen molar-refractivity contribution < 1.29 is 8.83 Å². The van der Waals surface area contributed by atoms with Crippen LogP contribution in [0.1, 0.15) is 5.56 Å². The Morgan fingerprint density at radius 3 is 1.55 bits per heavy atom. The van der Waals surface area contributed by atoms with Crippen LogP contribution >= 0.6 is 0 Å². The minimum atomic E-state index is 0.624. The molecular formula is C37H21NO2. The summed E-state index contributed by atoms with van der Waals surface area (Å²) in [5.41, 5.74) is 10.1. The maximum atomic E-state index is 10.4. The molecule has 3 heteroatoms. The molecule has 8 aromatic rings. The number of hydrogen-bond acceptors (Lipinski definition) is 3. The van der Waals surface area contributed by atoms with Gasteiger partial charge in [0.15, 0.2) is 0 Å². The first-order valence-corrected chi connectivity index (χ1v) is 13.2. The molecule has 2 aromatic heterocycles. The van der Waals surface area contributed by atoms with Gasteiger partial charge in [0.05, 0.1) is 11.6 Å². The summed E-state index contributed by atoms with van der Waals surface area (Å²) in [6.45, 7) is 0. The minimum Gasteiger partial charge on any atom is -0.456 e. The standard InChI is InChI=1S/C37H21NO2/c38-22-26-14-17-27(23-8-2-1-3-9-23)37(25-16-19-35-31(21-25)29-11-5-7-13-33(29)40-35)36(26)24-15-18-34-30(20-24)28-10-4-6-12-32(28)39-34/h1-21H. The van der Waals surface area contributed by atoms with Crippen LogP contribution in [0.3, 0.4) is 0 Å². The van der Waals surface area contributed by atoms with Gasteiger partial charge < -0.3 is 8.83 Å². The van der Waals surface area contributed by atoms with Gasteiger partial charge in [0, 0.05) is 27.1 Å². The molecule has 0 amide bonds. The first-order chi connectivity index (χ1) is 19.8. The largest absolute Gasteiger partial charge is 0.456 e. The van der Waals surface area contributed by atoms with Crippen molar-refractivity contribution in [3.63, 3.8) is 0 Å². The molecule has 0 spiro atoms. The van der Waals surface area contributed by atoms with Gasteiger partial charge in [-0.15, -0.1) is 0 Å². The molecular weight excluding hydrogens is 490 g/mol. The normalized spacial score (nSPS) is 11.5. The Hall–Kier alpha value is -5.59. The van der Waals surface area contributed by atoms with E-state index in [4.69, 9.17) is 8.83 Å². The van der Waals surface area contributed by atoms with Crippen molar-refractivity contribution >= 4 is 43.9 Å². The molecule has 0 aliphatic heterocycles. The van der Waals surface area contributed by atoms with E-state index in [-0.39, 0.29) is 0 Å². The van der Waals surface area contributed by atoms with E-state index in [1.54, 1.807) is 0 Å². The molecule has 2 heterocycles. The fourth-order valence-corrected chi connectivity index (χ4v) is 5.92. The fourth-order valence-electron chi connectivity index (χ4n) is 5.92. The van der Waals surface area contributed by atoms with Crippen LogP contribution in [0, 0.1) is 11.3 Å². The van der Waals surface area contributed by atoms with Gasteiger partial charge in [-0.25, -0.2) is 0 Å². The summed E-state index contributed by atoms with van der Waals surface area (Å²) in [6, 6.07) is 45.6. The second-order valence-electron chi connectivity index (χ2n) is 10.0. The van der Waals surface area contributed by atoms with Crippen molar-refractivity contribution in [3.8, 4) is 39.4 Å². The highest BCUT2D eigenvalue weighted by molar-refractivity contribution is 6.10. The molecule has 0 atom stereocenters. The zero-order chi connectivity index (χ0) is 26.6. The lowest BCUT2D eigenvalue weighted by molar-refractivity contribution is 0.668. The number of rotatable bonds is 3. The zero-order valence-electron chi connectivity index (χ0n) is 21.4. The fraction of sp³-hybridized carbons (Fsp3) is 0. The maximum absolute atomic E-state index is 10.4. The van der Waals surface area contributed by atoms with Crippen molar-refractivity contribution in [1.29, 1.82) is 5.26 Å². The van der Waals surface area contributed by atoms with E-state index in [9.17, 15) is 5.26 Å². The van der Waals surface area contributed by atoms with E-state index in [1.807, 2.05) is 72.8 Å². The summed E-state index contributed by atoms with van der Waals surface area (Å²) in [7, 11) is 0. The van der Waals surface area contributed by atoms with Gasteiger partial charge in [-0.2, -0.15) is 5.26 Å². The molecule has 40 heavy (non-hydrogen) atoms. The predicted octanol–water partition coefficient (Wildman–Crippen LogP) is 10.4. The highest BCUT2D eigenvalue weighted by Gasteiger charge is 2.20. The summed E-state index contributed by atoms with van der Waals surface area (Å²) >= 11 is 0. The molecule has 0 bridgehead atoms. The number of fused-ring (bicyclic) bond motifs is 6. The molecule has 186 valence electrons. The molecule has 0 aliphatic rings. The molecule has 0 radical (unpaired) electrons. The smallest absolute Gasteiger partial charge is 0.135 e. The highest BCUT2D eigenvalue weighted by atomic mass is 16.3. The molecule has 0 saturated heterocycles. The van der Waals surface area contributed by atoms with E-state index >= 15 is 0 Å². The van der Waals surface area contributed by atoms with Crippen LogP contribution in [0.2, 0.25) is 0 Å². The summed E-state index contributed by atoms with van der Waals surface area (Å²) in [6.07, 6.45) is 0. The quantitative estimate of drug-likeness (QED) is 0.237. The number of hydrogen-bond donors (Lipinski definition) is 0. The van der Waals surface area contributed by atoms with E-state index < -0.39 is 0 Å². The van der Waals surface area contributed by atoms with E-state index in [0.717, 1.165) is 77.3 Å². The van der Waals surface area contributed by atoms with Crippen molar-refractivity contribution in [1.82, 2.24) is 0 Å². The lowest BCUT2D eigenvalue weighted by Crippen LogP contribution is -1.94. The third-order valence-electron chi connectivity index (χ3n) is 7.74. The van der Waals surface area contributed by atoms with Crippen LogP contribution in [0.25, 0.3) is 77.3 Å². The molecule has 3 nitrogen and oxygen atoms in total. The number of para-hydroxylation sites is 2. The lowest BCUT2D eigenvalue weighted by Gasteiger charge is -2.18. The second-order valence-corrected chi connectivity index (χ2v) is 10.0. The molecule has 6 aromatic carbocycles. The molecule has 8 rings (SSSR count). The van der Waals surface area contributed by atoms with Crippen molar-refractivity contribution in [2.45, 2.75) is 0 Å². The van der Waals surface area contributed by atoms with Gasteiger partial charge in [-0.05, 0) is 70.3 Å². The van der Waals surface area contributed by atoms with Crippen molar-refractivity contribution in [2.75, 3.05) is 0 Å². The number of nitrogens with zero attached hydrogens (tertiary/aromatic N) is 1. The van der Waals surface area contributed by atoms with Crippen LogP contribution in [-0.4, -0.2) is 0 Å². The highest BCUT2D eigenvalue weighted by Crippen LogP contribution is 2.45. The van der Waals surface area contributed by atoms with Crippen molar-refractivity contribution in [3.05, 3.63) is 133 Å². The van der Waals surface area contributed by atoms with E-state index in [0.29, 0.717) is 5.56 Å². The van der Waals surface area contributed by atoms with Gasteiger partial charge in [-0.3, -0.25) is 0 Å². The average molecular weight is 512 g/mol.